The number of furan rings is 1. The maximum atomic E-state index is 11.3. The van der Waals surface area contributed by atoms with Gasteiger partial charge in [-0.1, -0.05) is 30.3 Å². The molecule has 0 unspecified atom stereocenters. The molecule has 2 amide bonds. The average molecular weight is 301 g/mol. The monoisotopic (exact) mass is 301 g/mol. The van der Waals surface area contributed by atoms with E-state index >= 15 is 0 Å². The second kappa shape index (κ2) is 7.33. The third-order valence-corrected chi connectivity index (χ3v) is 2.33. The lowest BCUT2D eigenvalue weighted by molar-refractivity contribution is -0.402. The fourth-order valence-electron chi connectivity index (χ4n) is 1.39. The number of urea groups is 1. The molecule has 2 rings (SSSR count). The van der Waals surface area contributed by atoms with Crippen molar-refractivity contribution < 1.29 is 14.1 Å². The predicted octanol–water partition coefficient (Wildman–Crippen LogP) is 1.85. The molecule has 0 saturated carbocycles. The maximum Gasteiger partial charge on any atom is 0.433 e. The Morgan fingerprint density at radius 2 is 1.77 bits per heavy atom. The molecule has 9 nitrogen and oxygen atoms in total. The molecule has 0 aliphatic heterocycles. The summed E-state index contributed by atoms with van der Waals surface area (Å²) in [5.41, 5.74) is 5.17. The molecule has 2 aromatic rings. The summed E-state index contributed by atoms with van der Waals surface area (Å²) in [5, 5.41) is 17.7. The Kier molecular flexibility index (Phi) is 4.97. The highest BCUT2D eigenvalue weighted by molar-refractivity contribution is 5.82. The molecule has 9 heteroatoms. The normalized spacial score (nSPS) is 10.9. The number of rotatable bonds is 5. The van der Waals surface area contributed by atoms with Crippen molar-refractivity contribution >= 4 is 24.3 Å². The first-order valence-corrected chi connectivity index (χ1v) is 6.06. The number of amides is 2. The summed E-state index contributed by atoms with van der Waals surface area (Å²) in [6.45, 7) is 0. The lowest BCUT2D eigenvalue weighted by Crippen LogP contribution is -2.28. The van der Waals surface area contributed by atoms with Crippen LogP contribution in [0.15, 0.2) is 57.1 Å². The van der Waals surface area contributed by atoms with Gasteiger partial charge < -0.3 is 4.42 Å². The lowest BCUT2D eigenvalue weighted by Gasteiger charge is -1.96. The van der Waals surface area contributed by atoms with Crippen molar-refractivity contribution in [2.75, 3.05) is 0 Å². The van der Waals surface area contributed by atoms with Crippen LogP contribution < -0.4 is 10.9 Å². The number of hydrogen-bond acceptors (Lipinski definition) is 6. The molecule has 0 aliphatic carbocycles. The van der Waals surface area contributed by atoms with Crippen molar-refractivity contribution in [1.82, 2.24) is 10.9 Å². The Morgan fingerprint density at radius 3 is 2.41 bits per heavy atom. The van der Waals surface area contributed by atoms with E-state index in [0.717, 1.165) is 11.8 Å². The van der Waals surface area contributed by atoms with Gasteiger partial charge in [0, 0.05) is 0 Å². The minimum Gasteiger partial charge on any atom is -0.400 e. The summed E-state index contributed by atoms with van der Waals surface area (Å²) in [4.78, 5) is 21.1. The van der Waals surface area contributed by atoms with Gasteiger partial charge >= 0.3 is 11.9 Å². The van der Waals surface area contributed by atoms with E-state index in [1.54, 1.807) is 0 Å². The van der Waals surface area contributed by atoms with E-state index in [1.807, 2.05) is 30.3 Å². The quantitative estimate of drug-likeness (QED) is 0.497. The van der Waals surface area contributed by atoms with E-state index in [4.69, 9.17) is 4.42 Å². The molecular weight excluding hydrogens is 290 g/mol. The Labute approximate surface area is 124 Å². The number of carbonyl (C=O) groups is 1. The Balaban J connectivity index is 1.78. The SMILES string of the molecule is O=C(N/N=C/c1ccccc1)N/N=C/c1ccc([N+](=O)[O-])o1. The number of nitro groups is 1. The van der Waals surface area contributed by atoms with Crippen LogP contribution >= 0.6 is 0 Å². The molecule has 0 radical (unpaired) electrons. The van der Waals surface area contributed by atoms with Crippen molar-refractivity contribution in [1.29, 1.82) is 0 Å². The van der Waals surface area contributed by atoms with Gasteiger partial charge in [0.15, 0.2) is 5.76 Å². The second-order valence-corrected chi connectivity index (χ2v) is 3.91. The van der Waals surface area contributed by atoms with E-state index in [0.29, 0.717) is 0 Å². The van der Waals surface area contributed by atoms with Gasteiger partial charge in [-0.25, -0.2) is 15.6 Å². The highest BCUT2D eigenvalue weighted by Crippen LogP contribution is 2.13. The van der Waals surface area contributed by atoms with Crippen LogP contribution in [0.2, 0.25) is 0 Å². The number of benzene rings is 1. The Bertz CT molecular complexity index is 708. The van der Waals surface area contributed by atoms with Crippen molar-refractivity contribution in [2.45, 2.75) is 0 Å². The number of nitrogens with one attached hydrogen (secondary N) is 2. The summed E-state index contributed by atoms with van der Waals surface area (Å²) < 4.78 is 4.82. The first kappa shape index (κ1) is 14.9. The fourth-order valence-corrected chi connectivity index (χ4v) is 1.39. The molecule has 1 aromatic carbocycles. The van der Waals surface area contributed by atoms with Gasteiger partial charge in [-0.3, -0.25) is 10.1 Å². The van der Waals surface area contributed by atoms with Gasteiger partial charge in [-0.2, -0.15) is 10.2 Å². The molecule has 1 heterocycles. The highest BCUT2D eigenvalue weighted by atomic mass is 16.6. The molecule has 0 fully saturated rings. The molecule has 2 N–H and O–H groups in total. The fraction of sp³-hybridized carbons (Fsp3) is 0. The smallest absolute Gasteiger partial charge is 0.400 e. The van der Waals surface area contributed by atoms with Crippen LogP contribution in [0.1, 0.15) is 11.3 Å². The molecule has 22 heavy (non-hydrogen) atoms. The topological polar surface area (TPSA) is 122 Å². The van der Waals surface area contributed by atoms with Gasteiger partial charge in [0.25, 0.3) is 0 Å². The second-order valence-electron chi connectivity index (χ2n) is 3.91. The summed E-state index contributed by atoms with van der Waals surface area (Å²) in [6, 6.07) is 11.1. The summed E-state index contributed by atoms with van der Waals surface area (Å²) >= 11 is 0. The highest BCUT2D eigenvalue weighted by Gasteiger charge is 2.10. The van der Waals surface area contributed by atoms with Crippen LogP contribution in [0.25, 0.3) is 0 Å². The Hall–Kier alpha value is -3.49. The zero-order chi connectivity index (χ0) is 15.8. The van der Waals surface area contributed by atoms with Gasteiger partial charge in [-0.15, -0.1) is 0 Å². The standard InChI is InChI=1S/C13H11N5O4/c19-13(16-14-8-10-4-2-1-3-5-10)17-15-9-11-6-7-12(22-11)18(20)21/h1-9H,(H2,16,17,19)/b14-8+,15-9+. The number of nitrogens with zero attached hydrogens (tertiary/aromatic N) is 3. The van der Waals surface area contributed by atoms with Crippen molar-refractivity contribution in [3.8, 4) is 0 Å². The summed E-state index contributed by atoms with van der Waals surface area (Å²) in [7, 11) is 0. The first-order valence-electron chi connectivity index (χ1n) is 6.06. The zero-order valence-electron chi connectivity index (χ0n) is 11.2. The lowest BCUT2D eigenvalue weighted by atomic mass is 10.2. The van der Waals surface area contributed by atoms with Crippen molar-refractivity contribution in [3.05, 3.63) is 63.9 Å². The molecule has 0 atom stereocenters. The van der Waals surface area contributed by atoms with Crippen LogP contribution in [0.3, 0.4) is 0 Å². The first-order chi connectivity index (χ1) is 10.6. The predicted molar refractivity (Wildman–Crippen MR) is 78.7 cm³/mol. The molecular formula is C13H11N5O4. The molecule has 112 valence electrons. The van der Waals surface area contributed by atoms with Gasteiger partial charge in [0.2, 0.25) is 0 Å². The van der Waals surface area contributed by atoms with E-state index in [9.17, 15) is 14.9 Å². The summed E-state index contributed by atoms with van der Waals surface area (Å²) in [6.07, 6.45) is 2.60. The molecule has 0 bridgehead atoms. The molecule has 0 spiro atoms. The molecule has 0 aliphatic rings. The molecule has 0 saturated heterocycles. The van der Waals surface area contributed by atoms with E-state index in [2.05, 4.69) is 21.1 Å². The minimum atomic E-state index is -0.671. The Morgan fingerprint density at radius 1 is 1.09 bits per heavy atom. The number of hydrazone groups is 2. The van der Waals surface area contributed by atoms with Crippen LogP contribution in [-0.4, -0.2) is 23.4 Å². The van der Waals surface area contributed by atoms with Crippen LogP contribution in [0, 0.1) is 10.1 Å². The van der Waals surface area contributed by atoms with Crippen LogP contribution in [-0.2, 0) is 0 Å². The van der Waals surface area contributed by atoms with E-state index in [1.165, 1.54) is 18.3 Å². The minimum absolute atomic E-state index is 0.139. The van der Waals surface area contributed by atoms with Crippen LogP contribution in [0.5, 0.6) is 0 Å². The third-order valence-electron chi connectivity index (χ3n) is 2.33. The largest absolute Gasteiger partial charge is 0.433 e. The van der Waals surface area contributed by atoms with Gasteiger partial charge in [0.1, 0.15) is 4.92 Å². The van der Waals surface area contributed by atoms with Gasteiger partial charge in [-0.05, 0) is 11.6 Å². The average Bonchev–Trinajstić information content (AvgIpc) is 2.97. The zero-order valence-corrected chi connectivity index (χ0v) is 11.2. The maximum absolute atomic E-state index is 11.3. The molecule has 1 aromatic heterocycles. The van der Waals surface area contributed by atoms with Gasteiger partial charge in [0.05, 0.1) is 18.5 Å². The van der Waals surface area contributed by atoms with E-state index < -0.39 is 16.8 Å². The van der Waals surface area contributed by atoms with Crippen molar-refractivity contribution in [3.63, 3.8) is 0 Å². The van der Waals surface area contributed by atoms with Crippen LogP contribution in [0.4, 0.5) is 10.7 Å². The van der Waals surface area contributed by atoms with E-state index in [-0.39, 0.29) is 5.76 Å². The summed E-state index contributed by atoms with van der Waals surface area (Å²) in [5.74, 6) is -0.266. The number of carbonyl (C=O) groups excluding carboxylic acids is 1. The van der Waals surface area contributed by atoms with Crippen molar-refractivity contribution in [2.24, 2.45) is 10.2 Å². The third kappa shape index (κ3) is 4.56. The number of hydrogen-bond donors (Lipinski definition) is 2.